The van der Waals surface area contributed by atoms with Gasteiger partial charge in [-0.3, -0.25) is 9.20 Å². The molecule has 43 heavy (non-hydrogen) atoms. The molecule has 3 N–H and O–H groups in total. The highest BCUT2D eigenvalue weighted by Gasteiger charge is 2.52. The lowest BCUT2D eigenvalue weighted by molar-refractivity contribution is -0.137. The van der Waals surface area contributed by atoms with Crippen LogP contribution in [0.4, 0.5) is 5.82 Å². The van der Waals surface area contributed by atoms with Crippen molar-refractivity contribution < 1.29 is 28.2 Å². The van der Waals surface area contributed by atoms with Gasteiger partial charge in [-0.25, -0.2) is 8.42 Å². The number of rotatable bonds is 9. The van der Waals surface area contributed by atoms with Crippen LogP contribution < -0.4 is 10.1 Å². The van der Waals surface area contributed by atoms with Gasteiger partial charge in [0, 0.05) is 25.2 Å². The van der Waals surface area contributed by atoms with E-state index in [-0.39, 0.29) is 43.4 Å². The molecule has 0 unspecified atom stereocenters. The monoisotopic (exact) mass is 606 g/mol. The number of hydrogen-bond donors (Lipinski definition) is 3. The minimum atomic E-state index is -3.98. The summed E-state index contributed by atoms with van der Waals surface area (Å²) in [5, 5.41) is 30.4. The summed E-state index contributed by atoms with van der Waals surface area (Å²) < 4.78 is 37.5. The Morgan fingerprint density at radius 2 is 1.93 bits per heavy atom. The third kappa shape index (κ3) is 5.43. The summed E-state index contributed by atoms with van der Waals surface area (Å²) in [6.45, 7) is 6.15. The number of carbonyl (C=O) groups is 1. The average molecular weight is 607 g/mol. The highest BCUT2D eigenvalue weighted by atomic mass is 32.2. The molecule has 1 fully saturated rings. The number of benzene rings is 1. The van der Waals surface area contributed by atoms with Crippen molar-refractivity contribution in [3.05, 3.63) is 76.2 Å². The lowest BCUT2D eigenvalue weighted by Gasteiger charge is -2.25. The quantitative estimate of drug-likeness (QED) is 0.258. The highest BCUT2D eigenvalue weighted by Crippen LogP contribution is 2.46. The van der Waals surface area contributed by atoms with Crippen molar-refractivity contribution in [1.82, 2.24) is 23.9 Å². The Morgan fingerprint density at radius 1 is 1.14 bits per heavy atom. The van der Waals surface area contributed by atoms with E-state index in [9.17, 15) is 18.3 Å². The summed E-state index contributed by atoms with van der Waals surface area (Å²) in [6.07, 6.45) is 3.12. The molecular formula is C30H34N6O6S. The third-order valence-corrected chi connectivity index (χ3v) is 10.2. The number of aliphatic carboxylic acids is 1. The first-order valence-electron chi connectivity index (χ1n) is 14.2. The van der Waals surface area contributed by atoms with Gasteiger partial charge in [-0.15, -0.1) is 10.2 Å². The Labute approximate surface area is 249 Å². The van der Waals surface area contributed by atoms with Crippen molar-refractivity contribution in [2.24, 2.45) is 0 Å². The fourth-order valence-corrected chi connectivity index (χ4v) is 7.28. The van der Waals surface area contributed by atoms with Crippen LogP contribution in [-0.4, -0.2) is 73.8 Å². The molecule has 4 aromatic rings. The minimum absolute atomic E-state index is 0.00378. The van der Waals surface area contributed by atoms with Crippen molar-refractivity contribution in [3.63, 3.8) is 0 Å². The molecule has 1 aliphatic carbocycles. The fourth-order valence-electron chi connectivity index (χ4n) is 5.74. The number of nitrogens with zero attached hydrogens (tertiary/aromatic N) is 5. The number of fused-ring (bicyclic) bond motifs is 2. The molecule has 0 amide bonds. The van der Waals surface area contributed by atoms with Crippen LogP contribution in [0.1, 0.15) is 58.8 Å². The van der Waals surface area contributed by atoms with Gasteiger partial charge in [-0.05, 0) is 79.6 Å². The maximum Gasteiger partial charge on any atom is 0.304 e. The molecule has 0 saturated heterocycles. The van der Waals surface area contributed by atoms with Crippen LogP contribution in [0.3, 0.4) is 0 Å². The van der Waals surface area contributed by atoms with E-state index in [1.807, 2.05) is 55.6 Å². The number of ether oxygens (including phenoxy) is 1. The largest absolute Gasteiger partial charge is 0.481 e. The van der Waals surface area contributed by atoms with Crippen molar-refractivity contribution in [2.45, 2.75) is 63.0 Å². The molecule has 2 aliphatic rings. The standard InChI is InChI=1S/C30H34N6O6S/c1-18-4-5-21(24(15-27(38)39)23-8-12-36-20(3)33-34-28(36)19(23)2)14-22(18)16-35-17-30(9-10-30)42-29-25(43(35,40)41)6-7-26(32-29)31-11-13-37/h4-8,12,14,24,37H,9-11,13,15-17H2,1-3H3,(H,31,32)(H,38,39)/t24-/m0/s1. The van der Waals surface area contributed by atoms with E-state index in [0.717, 1.165) is 33.6 Å². The first kappa shape index (κ1) is 29.0. The van der Waals surface area contributed by atoms with Gasteiger partial charge in [0.2, 0.25) is 15.9 Å². The van der Waals surface area contributed by atoms with Gasteiger partial charge in [0.1, 0.15) is 22.1 Å². The summed E-state index contributed by atoms with van der Waals surface area (Å²) in [7, 11) is -3.98. The zero-order valence-electron chi connectivity index (χ0n) is 24.2. The second-order valence-electron chi connectivity index (χ2n) is 11.4. The zero-order valence-corrected chi connectivity index (χ0v) is 25.1. The van der Waals surface area contributed by atoms with Crippen LogP contribution >= 0.6 is 0 Å². The third-order valence-electron chi connectivity index (χ3n) is 8.36. The molecule has 3 aromatic heterocycles. The highest BCUT2D eigenvalue weighted by molar-refractivity contribution is 7.89. The number of aliphatic hydroxyl groups excluding tert-OH is 1. The van der Waals surface area contributed by atoms with Gasteiger partial charge in [0.25, 0.3) is 0 Å². The summed E-state index contributed by atoms with van der Waals surface area (Å²) in [6, 6.07) is 10.7. The number of pyridine rings is 2. The van der Waals surface area contributed by atoms with E-state index in [2.05, 4.69) is 20.5 Å². The molecule has 1 spiro atoms. The smallest absolute Gasteiger partial charge is 0.304 e. The van der Waals surface area contributed by atoms with E-state index >= 15 is 0 Å². The van der Waals surface area contributed by atoms with E-state index < -0.39 is 27.5 Å². The molecule has 13 heteroatoms. The Kier molecular flexibility index (Phi) is 7.35. The van der Waals surface area contributed by atoms with Crippen LogP contribution in [0.15, 0.2) is 47.5 Å². The molecule has 1 aromatic carbocycles. The molecule has 1 aliphatic heterocycles. The number of aryl methyl sites for hydroxylation is 3. The number of aromatic nitrogens is 4. The first-order chi connectivity index (χ1) is 20.5. The Morgan fingerprint density at radius 3 is 2.65 bits per heavy atom. The van der Waals surface area contributed by atoms with Gasteiger partial charge in [0.05, 0.1) is 19.6 Å². The van der Waals surface area contributed by atoms with E-state index in [1.54, 1.807) is 6.07 Å². The summed E-state index contributed by atoms with van der Waals surface area (Å²) in [5.74, 6) is -0.196. The van der Waals surface area contributed by atoms with Crippen LogP contribution in [0.5, 0.6) is 5.88 Å². The van der Waals surface area contributed by atoms with Gasteiger partial charge in [0.15, 0.2) is 5.65 Å². The first-order valence-corrected chi connectivity index (χ1v) is 15.6. The van der Waals surface area contributed by atoms with E-state index in [0.29, 0.717) is 24.3 Å². The van der Waals surface area contributed by atoms with Crippen LogP contribution in [-0.2, 0) is 21.4 Å². The van der Waals surface area contributed by atoms with Crippen LogP contribution in [0.25, 0.3) is 5.65 Å². The number of anilines is 1. The number of carboxylic acid groups (broad SMARTS) is 1. The Hall–Kier alpha value is -4.07. The van der Waals surface area contributed by atoms with Crippen molar-refractivity contribution in [3.8, 4) is 5.88 Å². The van der Waals surface area contributed by atoms with Gasteiger partial charge < -0.3 is 20.3 Å². The summed E-state index contributed by atoms with van der Waals surface area (Å²) >= 11 is 0. The molecule has 4 heterocycles. The van der Waals surface area contributed by atoms with E-state index in [1.165, 1.54) is 10.4 Å². The molecular weight excluding hydrogens is 572 g/mol. The van der Waals surface area contributed by atoms with Crippen molar-refractivity contribution in [2.75, 3.05) is 25.0 Å². The normalized spacial score (nSPS) is 17.7. The van der Waals surface area contributed by atoms with Crippen LogP contribution in [0, 0.1) is 20.8 Å². The van der Waals surface area contributed by atoms with Gasteiger partial charge in [-0.1, -0.05) is 18.2 Å². The maximum absolute atomic E-state index is 14.0. The minimum Gasteiger partial charge on any atom is -0.481 e. The van der Waals surface area contributed by atoms with Crippen LogP contribution in [0.2, 0.25) is 0 Å². The SMILES string of the molecule is Cc1ccc([C@H](CC(=O)O)c2ccn3c(C)nnc3c2C)cc1CN1CC2(CC2)Oc2nc(NCCO)ccc2S1(=O)=O. The molecule has 226 valence electrons. The number of aliphatic hydroxyl groups is 1. The second kappa shape index (κ2) is 10.9. The molecule has 0 bridgehead atoms. The summed E-state index contributed by atoms with van der Waals surface area (Å²) in [4.78, 5) is 16.5. The second-order valence-corrected chi connectivity index (χ2v) is 13.3. The number of carboxylic acids is 1. The van der Waals surface area contributed by atoms with Crippen molar-refractivity contribution >= 4 is 27.5 Å². The van der Waals surface area contributed by atoms with E-state index in [4.69, 9.17) is 9.84 Å². The predicted octanol–water partition coefficient (Wildman–Crippen LogP) is 3.18. The molecule has 0 radical (unpaired) electrons. The molecule has 6 rings (SSSR count). The van der Waals surface area contributed by atoms with Gasteiger partial charge >= 0.3 is 5.97 Å². The number of sulfonamides is 1. The zero-order chi connectivity index (χ0) is 30.5. The lowest BCUT2D eigenvalue weighted by Crippen LogP contribution is -2.38. The average Bonchev–Trinajstić information content (AvgIpc) is 3.63. The summed E-state index contributed by atoms with van der Waals surface area (Å²) in [5.41, 5.74) is 4.14. The Balaban J connectivity index is 1.37. The maximum atomic E-state index is 14.0. The van der Waals surface area contributed by atoms with Gasteiger partial charge in [-0.2, -0.15) is 9.29 Å². The predicted molar refractivity (Wildman–Crippen MR) is 158 cm³/mol. The lowest BCUT2D eigenvalue weighted by atomic mass is 9.85. The van der Waals surface area contributed by atoms with Crippen molar-refractivity contribution in [1.29, 1.82) is 0 Å². The topological polar surface area (TPSA) is 159 Å². The number of hydrogen-bond acceptors (Lipinski definition) is 9. The fraction of sp³-hybridized carbons (Fsp3) is 0.400. The molecule has 1 saturated carbocycles. The Bertz CT molecular complexity index is 1830. The molecule has 1 atom stereocenters. The number of nitrogens with one attached hydrogen (secondary N) is 1. The molecule has 12 nitrogen and oxygen atoms in total.